The molecule has 1 aliphatic heterocycles. The van der Waals surface area contributed by atoms with E-state index in [2.05, 4.69) is 0 Å². The summed E-state index contributed by atoms with van der Waals surface area (Å²) in [5.74, 6) is 0.339. The van der Waals surface area contributed by atoms with Gasteiger partial charge in [0.15, 0.2) is 0 Å². The molecule has 1 atom stereocenters. The number of carboxylic acids is 1. The van der Waals surface area contributed by atoms with E-state index in [0.29, 0.717) is 31.0 Å². The predicted octanol–water partition coefficient (Wildman–Crippen LogP) is 4.95. The molecule has 1 fully saturated rings. The third-order valence-corrected chi connectivity index (χ3v) is 8.33. The summed E-state index contributed by atoms with van der Waals surface area (Å²) in [4.78, 5) is 11.8. The summed E-state index contributed by atoms with van der Waals surface area (Å²) in [6.45, 7) is 4.38. The minimum absolute atomic E-state index is 0.00483. The quantitative estimate of drug-likeness (QED) is 0.361. The molecule has 3 heterocycles. The normalized spacial score (nSPS) is 16.7. The van der Waals surface area contributed by atoms with Gasteiger partial charge in [0.25, 0.3) is 0 Å². The summed E-state index contributed by atoms with van der Waals surface area (Å²) in [6.07, 6.45) is 4.11. The van der Waals surface area contributed by atoms with Gasteiger partial charge in [0.2, 0.25) is 10.0 Å². The molecule has 0 aliphatic carbocycles. The highest BCUT2D eigenvalue weighted by Crippen LogP contribution is 2.37. The standard InChI is InChI=1S/C27H28N2O6S/c1-18(2)35-21-6-8-22(9-7-21)36(32,33)29-12-11-20(15-29)24-16-28(17-27(30)31)25-14-19(5-10-23(24)25)26-4-3-13-34-26/h3-10,13-14,16,18,20H,11-12,15,17H2,1-2H3,(H,30,31). The van der Waals surface area contributed by atoms with Crippen molar-refractivity contribution >= 4 is 26.9 Å². The Kier molecular flexibility index (Phi) is 6.36. The molecule has 4 aromatic rings. The van der Waals surface area contributed by atoms with Crippen molar-refractivity contribution in [2.75, 3.05) is 13.1 Å². The summed E-state index contributed by atoms with van der Waals surface area (Å²) in [5.41, 5.74) is 2.59. The van der Waals surface area contributed by atoms with Crippen LogP contribution in [-0.4, -0.2) is 47.6 Å². The zero-order valence-electron chi connectivity index (χ0n) is 20.1. The number of sulfonamides is 1. The first-order valence-corrected chi connectivity index (χ1v) is 13.3. The second kappa shape index (κ2) is 9.48. The van der Waals surface area contributed by atoms with Gasteiger partial charge in [0, 0.05) is 41.7 Å². The number of ether oxygens (including phenoxy) is 1. The molecule has 0 amide bonds. The number of carboxylic acid groups (broad SMARTS) is 1. The van der Waals surface area contributed by atoms with E-state index in [0.717, 1.165) is 22.0 Å². The van der Waals surface area contributed by atoms with Crippen LogP contribution in [0.25, 0.3) is 22.2 Å². The first kappa shape index (κ1) is 24.1. The van der Waals surface area contributed by atoms with Gasteiger partial charge >= 0.3 is 5.97 Å². The molecular formula is C27H28N2O6S. The van der Waals surface area contributed by atoms with Crippen LogP contribution in [0.15, 0.2) is 76.4 Å². The molecule has 2 aromatic carbocycles. The van der Waals surface area contributed by atoms with Crippen LogP contribution in [0.2, 0.25) is 0 Å². The van der Waals surface area contributed by atoms with Gasteiger partial charge in [0.05, 0.1) is 17.3 Å². The largest absolute Gasteiger partial charge is 0.491 e. The molecular weight excluding hydrogens is 480 g/mol. The summed E-state index contributed by atoms with van der Waals surface area (Å²) < 4.78 is 41.0. The highest BCUT2D eigenvalue weighted by molar-refractivity contribution is 7.89. The smallest absolute Gasteiger partial charge is 0.323 e. The Balaban J connectivity index is 1.43. The van der Waals surface area contributed by atoms with E-state index in [-0.39, 0.29) is 23.5 Å². The van der Waals surface area contributed by atoms with E-state index in [4.69, 9.17) is 9.15 Å². The van der Waals surface area contributed by atoms with Crippen LogP contribution in [0.5, 0.6) is 5.75 Å². The number of hydrogen-bond donors (Lipinski definition) is 1. The maximum atomic E-state index is 13.3. The van der Waals surface area contributed by atoms with Crippen LogP contribution in [-0.2, 0) is 21.4 Å². The van der Waals surface area contributed by atoms with E-state index < -0.39 is 16.0 Å². The molecule has 8 nitrogen and oxygen atoms in total. The topological polar surface area (TPSA) is 102 Å². The van der Waals surface area contributed by atoms with Crippen molar-refractivity contribution in [3.8, 4) is 17.1 Å². The lowest BCUT2D eigenvalue weighted by molar-refractivity contribution is -0.137. The van der Waals surface area contributed by atoms with Crippen LogP contribution >= 0.6 is 0 Å². The van der Waals surface area contributed by atoms with Crippen LogP contribution < -0.4 is 4.74 Å². The molecule has 0 spiro atoms. The molecule has 0 radical (unpaired) electrons. The Hall–Kier alpha value is -3.56. The van der Waals surface area contributed by atoms with Crippen molar-refractivity contribution in [2.24, 2.45) is 0 Å². The van der Waals surface area contributed by atoms with Gasteiger partial charge < -0.3 is 18.8 Å². The molecule has 5 rings (SSSR count). The van der Waals surface area contributed by atoms with E-state index in [9.17, 15) is 18.3 Å². The fraction of sp³-hybridized carbons (Fsp3) is 0.296. The van der Waals surface area contributed by atoms with Crippen molar-refractivity contribution < 1.29 is 27.5 Å². The second-order valence-corrected chi connectivity index (χ2v) is 11.2. The van der Waals surface area contributed by atoms with Gasteiger partial charge in [-0.3, -0.25) is 4.79 Å². The SMILES string of the molecule is CC(C)Oc1ccc(S(=O)(=O)N2CCC(c3cn(CC(=O)O)c4cc(-c5ccco5)ccc34)C2)cc1. The maximum Gasteiger partial charge on any atom is 0.323 e. The van der Waals surface area contributed by atoms with Crippen LogP contribution in [0, 0.1) is 0 Å². The Labute approximate surface area is 209 Å². The van der Waals surface area contributed by atoms with Gasteiger partial charge in [-0.1, -0.05) is 12.1 Å². The molecule has 1 aliphatic rings. The first-order valence-electron chi connectivity index (χ1n) is 11.9. The van der Waals surface area contributed by atoms with E-state index in [1.807, 2.05) is 44.3 Å². The lowest BCUT2D eigenvalue weighted by Gasteiger charge is -2.17. The van der Waals surface area contributed by atoms with Gasteiger partial charge in [-0.2, -0.15) is 4.31 Å². The average molecular weight is 509 g/mol. The lowest BCUT2D eigenvalue weighted by Crippen LogP contribution is -2.28. The molecule has 1 unspecified atom stereocenters. The van der Waals surface area contributed by atoms with Crippen molar-refractivity contribution in [3.63, 3.8) is 0 Å². The van der Waals surface area contributed by atoms with Gasteiger partial charge in [-0.15, -0.1) is 0 Å². The Morgan fingerprint density at radius 2 is 1.94 bits per heavy atom. The Morgan fingerprint density at radius 1 is 1.17 bits per heavy atom. The second-order valence-electron chi connectivity index (χ2n) is 9.30. The summed E-state index contributed by atoms with van der Waals surface area (Å²) in [5, 5.41) is 10.4. The first-order chi connectivity index (χ1) is 17.2. The number of fused-ring (bicyclic) bond motifs is 1. The van der Waals surface area contributed by atoms with Crippen LogP contribution in [0.4, 0.5) is 0 Å². The van der Waals surface area contributed by atoms with E-state index in [1.54, 1.807) is 41.2 Å². The minimum Gasteiger partial charge on any atom is -0.491 e. The summed E-state index contributed by atoms with van der Waals surface area (Å²) in [7, 11) is -3.66. The Morgan fingerprint density at radius 3 is 2.61 bits per heavy atom. The molecule has 1 saturated heterocycles. The van der Waals surface area contributed by atoms with Gasteiger partial charge in [0.1, 0.15) is 18.1 Å². The van der Waals surface area contributed by atoms with Crippen molar-refractivity contribution in [1.82, 2.24) is 8.87 Å². The molecule has 36 heavy (non-hydrogen) atoms. The molecule has 0 bridgehead atoms. The number of rotatable bonds is 8. The highest BCUT2D eigenvalue weighted by Gasteiger charge is 2.34. The van der Waals surface area contributed by atoms with Crippen molar-refractivity contribution in [3.05, 3.63) is 72.6 Å². The lowest BCUT2D eigenvalue weighted by atomic mass is 9.97. The zero-order valence-corrected chi connectivity index (χ0v) is 20.9. The third-order valence-electron chi connectivity index (χ3n) is 6.45. The third kappa shape index (κ3) is 4.64. The number of benzene rings is 2. The monoisotopic (exact) mass is 508 g/mol. The number of aromatic nitrogens is 1. The van der Waals surface area contributed by atoms with E-state index in [1.165, 1.54) is 4.31 Å². The number of hydrogen-bond acceptors (Lipinski definition) is 5. The number of aliphatic carboxylic acids is 1. The minimum atomic E-state index is -3.66. The molecule has 2 aromatic heterocycles. The molecule has 188 valence electrons. The molecule has 0 saturated carbocycles. The van der Waals surface area contributed by atoms with Crippen LogP contribution in [0.1, 0.15) is 31.7 Å². The van der Waals surface area contributed by atoms with Crippen molar-refractivity contribution in [1.29, 1.82) is 0 Å². The molecule has 1 N–H and O–H groups in total. The van der Waals surface area contributed by atoms with Crippen LogP contribution in [0.3, 0.4) is 0 Å². The summed E-state index contributed by atoms with van der Waals surface area (Å²) >= 11 is 0. The fourth-order valence-corrected chi connectivity index (χ4v) is 6.33. The number of furan rings is 1. The van der Waals surface area contributed by atoms with Crippen molar-refractivity contribution in [2.45, 2.75) is 43.7 Å². The summed E-state index contributed by atoms with van der Waals surface area (Å²) in [6, 6.07) is 16.0. The predicted molar refractivity (Wildman–Crippen MR) is 136 cm³/mol. The number of nitrogens with zero attached hydrogens (tertiary/aromatic N) is 2. The van der Waals surface area contributed by atoms with E-state index >= 15 is 0 Å². The zero-order chi connectivity index (χ0) is 25.4. The highest BCUT2D eigenvalue weighted by atomic mass is 32.2. The fourth-order valence-electron chi connectivity index (χ4n) is 4.83. The van der Waals surface area contributed by atoms with Gasteiger partial charge in [-0.25, -0.2) is 8.42 Å². The Bertz CT molecular complexity index is 1490. The maximum absolute atomic E-state index is 13.3. The number of carbonyl (C=O) groups is 1. The molecule has 9 heteroatoms. The van der Waals surface area contributed by atoms with Gasteiger partial charge in [-0.05, 0) is 68.3 Å². The average Bonchev–Trinajstić information content (AvgIpc) is 3.59.